The van der Waals surface area contributed by atoms with Gasteiger partial charge in [0.05, 0.1) is 17.6 Å². The van der Waals surface area contributed by atoms with Crippen LogP contribution >= 0.6 is 11.3 Å². The quantitative estimate of drug-likeness (QED) is 0.441. The van der Waals surface area contributed by atoms with Gasteiger partial charge in [0.25, 0.3) is 0 Å². The molecule has 0 aliphatic carbocycles. The lowest BCUT2D eigenvalue weighted by molar-refractivity contribution is -0.116. The summed E-state index contributed by atoms with van der Waals surface area (Å²) in [5.41, 5.74) is 5.41. The predicted molar refractivity (Wildman–Crippen MR) is 106 cm³/mol. The third-order valence-corrected chi connectivity index (χ3v) is 5.32. The van der Waals surface area contributed by atoms with Crippen LogP contribution in [-0.2, 0) is 17.8 Å². The van der Waals surface area contributed by atoms with Crippen molar-refractivity contribution in [1.29, 1.82) is 0 Å². The summed E-state index contributed by atoms with van der Waals surface area (Å²) in [5.74, 6) is 0.841. The zero-order chi connectivity index (χ0) is 18.5. The Hall–Kier alpha value is -2.44. The molecule has 1 amide bonds. The Labute approximate surface area is 156 Å². The van der Waals surface area contributed by atoms with Crippen LogP contribution in [0.5, 0.6) is 0 Å². The van der Waals surface area contributed by atoms with Gasteiger partial charge in [0.15, 0.2) is 0 Å². The van der Waals surface area contributed by atoms with Gasteiger partial charge in [-0.2, -0.15) is 0 Å². The first-order valence-electron chi connectivity index (χ1n) is 8.66. The minimum atomic E-state index is -0.111. The number of aryl methyl sites for hydroxylation is 3. The van der Waals surface area contributed by atoms with Gasteiger partial charge in [0.2, 0.25) is 5.91 Å². The van der Waals surface area contributed by atoms with E-state index in [1.54, 1.807) is 6.08 Å². The van der Waals surface area contributed by atoms with Crippen LogP contribution in [-0.4, -0.2) is 27.5 Å². The van der Waals surface area contributed by atoms with Crippen molar-refractivity contribution in [3.8, 4) is 0 Å². The summed E-state index contributed by atoms with van der Waals surface area (Å²) in [5, 5.41) is 13.8. The Morgan fingerprint density at radius 3 is 3.00 bits per heavy atom. The molecule has 0 unspecified atom stereocenters. The maximum absolute atomic E-state index is 11.9. The molecule has 0 saturated carbocycles. The second-order valence-corrected chi connectivity index (χ2v) is 7.27. The average Bonchev–Trinajstić information content (AvgIpc) is 3.27. The van der Waals surface area contributed by atoms with Gasteiger partial charge < -0.3 is 15.4 Å². The Morgan fingerprint density at radius 2 is 2.23 bits per heavy atom. The van der Waals surface area contributed by atoms with E-state index in [4.69, 9.17) is 5.11 Å². The monoisotopic (exact) mass is 369 g/mol. The van der Waals surface area contributed by atoms with Crippen LogP contribution in [0.1, 0.15) is 33.8 Å². The number of amides is 1. The van der Waals surface area contributed by atoms with Crippen molar-refractivity contribution in [2.24, 2.45) is 0 Å². The fourth-order valence-electron chi connectivity index (χ4n) is 2.73. The van der Waals surface area contributed by atoms with E-state index in [0.717, 1.165) is 40.1 Å². The number of carbonyl (C=O) groups is 1. The molecular formula is C20H23N3O2S. The number of benzene rings is 1. The van der Waals surface area contributed by atoms with E-state index < -0.39 is 0 Å². The number of carbonyl (C=O) groups excluding carboxylic acids is 1. The summed E-state index contributed by atoms with van der Waals surface area (Å²) >= 11 is 1.51. The fraction of sp³-hybridized carbons (Fsp3) is 0.300. The average molecular weight is 369 g/mol. The van der Waals surface area contributed by atoms with Crippen LogP contribution in [0, 0.1) is 13.8 Å². The van der Waals surface area contributed by atoms with Crippen LogP contribution in [0.4, 0.5) is 0 Å². The van der Waals surface area contributed by atoms with Gasteiger partial charge in [-0.25, -0.2) is 4.98 Å². The molecule has 0 saturated heterocycles. The van der Waals surface area contributed by atoms with Gasteiger partial charge in [-0.3, -0.25) is 4.79 Å². The number of nitrogens with zero attached hydrogens (tertiary/aromatic N) is 1. The lowest BCUT2D eigenvalue weighted by Gasteiger charge is -2.00. The molecule has 3 rings (SSSR count). The Balaban J connectivity index is 1.46. The molecule has 5 nitrogen and oxygen atoms in total. The Kier molecular flexibility index (Phi) is 5.85. The third kappa shape index (κ3) is 4.39. The number of imidazole rings is 1. The highest BCUT2D eigenvalue weighted by Crippen LogP contribution is 2.19. The first-order chi connectivity index (χ1) is 12.6. The predicted octanol–water partition coefficient (Wildman–Crippen LogP) is 3.50. The van der Waals surface area contributed by atoms with Gasteiger partial charge >= 0.3 is 0 Å². The van der Waals surface area contributed by atoms with Crippen molar-refractivity contribution >= 4 is 34.4 Å². The van der Waals surface area contributed by atoms with E-state index in [1.165, 1.54) is 28.5 Å². The van der Waals surface area contributed by atoms with Gasteiger partial charge in [-0.05, 0) is 60.5 Å². The maximum Gasteiger partial charge on any atom is 0.244 e. The molecule has 0 atom stereocenters. The molecule has 2 aromatic heterocycles. The summed E-state index contributed by atoms with van der Waals surface area (Å²) in [6.07, 6.45) is 4.91. The van der Waals surface area contributed by atoms with Crippen molar-refractivity contribution in [3.05, 3.63) is 57.0 Å². The summed E-state index contributed by atoms with van der Waals surface area (Å²) in [4.78, 5) is 20.8. The molecule has 1 aromatic carbocycles. The Morgan fingerprint density at radius 1 is 1.38 bits per heavy atom. The first kappa shape index (κ1) is 18.4. The number of H-pyrrole nitrogens is 1. The van der Waals surface area contributed by atoms with Gasteiger partial charge in [0.1, 0.15) is 5.82 Å². The summed E-state index contributed by atoms with van der Waals surface area (Å²) in [6.45, 7) is 4.81. The molecule has 3 N–H and O–H groups in total. The van der Waals surface area contributed by atoms with Crippen molar-refractivity contribution < 1.29 is 9.90 Å². The van der Waals surface area contributed by atoms with Crippen LogP contribution in [0.25, 0.3) is 17.1 Å². The zero-order valence-electron chi connectivity index (χ0n) is 15.0. The number of hydrogen-bond acceptors (Lipinski definition) is 4. The summed E-state index contributed by atoms with van der Waals surface area (Å²) < 4.78 is 0. The highest BCUT2D eigenvalue weighted by Gasteiger charge is 2.07. The molecule has 6 heteroatoms. The molecule has 2 heterocycles. The number of thiophene rings is 1. The number of aromatic nitrogens is 2. The summed E-state index contributed by atoms with van der Waals surface area (Å²) in [7, 11) is 0. The van der Waals surface area contributed by atoms with Gasteiger partial charge in [-0.15, -0.1) is 11.3 Å². The molecule has 0 aliphatic rings. The third-order valence-electron chi connectivity index (χ3n) is 4.37. The van der Waals surface area contributed by atoms with Crippen LogP contribution in [0.3, 0.4) is 0 Å². The van der Waals surface area contributed by atoms with E-state index in [-0.39, 0.29) is 12.5 Å². The second kappa shape index (κ2) is 8.29. The smallest absolute Gasteiger partial charge is 0.244 e. The number of rotatable bonds is 7. The molecule has 0 radical (unpaired) electrons. The van der Waals surface area contributed by atoms with Crippen molar-refractivity contribution in [1.82, 2.24) is 15.3 Å². The van der Waals surface area contributed by atoms with E-state index >= 15 is 0 Å². The van der Waals surface area contributed by atoms with Gasteiger partial charge in [0, 0.05) is 23.9 Å². The number of hydrogen-bond donors (Lipinski definition) is 3. The molecule has 26 heavy (non-hydrogen) atoms. The van der Waals surface area contributed by atoms with Gasteiger partial charge in [-0.1, -0.05) is 6.07 Å². The molecule has 0 spiro atoms. The Bertz CT molecular complexity index is 940. The largest absolute Gasteiger partial charge is 0.392 e. The molecular weight excluding hydrogens is 346 g/mol. The highest BCUT2D eigenvalue weighted by atomic mass is 32.1. The van der Waals surface area contributed by atoms with Crippen LogP contribution in [0.15, 0.2) is 29.7 Å². The normalized spacial score (nSPS) is 11.5. The van der Waals surface area contributed by atoms with E-state index in [9.17, 15) is 4.79 Å². The summed E-state index contributed by atoms with van der Waals surface area (Å²) in [6, 6.07) is 6.04. The van der Waals surface area contributed by atoms with E-state index in [2.05, 4.69) is 41.3 Å². The highest BCUT2D eigenvalue weighted by molar-refractivity contribution is 7.11. The molecule has 136 valence electrons. The minimum Gasteiger partial charge on any atom is -0.392 e. The lowest BCUT2D eigenvalue weighted by atomic mass is 10.1. The minimum absolute atomic E-state index is 0.0252. The number of aromatic amines is 1. The van der Waals surface area contributed by atoms with Crippen molar-refractivity contribution in [2.75, 3.05) is 6.54 Å². The standard InChI is InChI=1S/C20H23N3O2S/c1-13-5-7-17-20(14(13)2)23-18(22-17)4-3-9-21-19(25)8-6-16-10-15(11-24)12-26-16/h5-8,10,12,24H,3-4,9,11H2,1-2H3,(H,21,25)(H,22,23). The zero-order valence-corrected chi connectivity index (χ0v) is 15.8. The van der Waals surface area contributed by atoms with E-state index in [0.29, 0.717) is 6.54 Å². The number of fused-ring (bicyclic) bond motifs is 1. The topological polar surface area (TPSA) is 78.0 Å². The number of aliphatic hydroxyl groups excluding tert-OH is 1. The molecule has 3 aromatic rings. The molecule has 0 aliphatic heterocycles. The van der Waals surface area contributed by atoms with E-state index in [1.807, 2.05) is 11.4 Å². The maximum atomic E-state index is 11.9. The molecule has 0 fully saturated rings. The number of nitrogens with one attached hydrogen (secondary N) is 2. The van der Waals surface area contributed by atoms with Crippen LogP contribution in [0.2, 0.25) is 0 Å². The SMILES string of the molecule is Cc1ccc2[nH]c(CCCNC(=O)C=Cc3cc(CO)cs3)nc2c1C. The van der Waals surface area contributed by atoms with Crippen LogP contribution < -0.4 is 5.32 Å². The lowest BCUT2D eigenvalue weighted by Crippen LogP contribution is -2.22. The number of aliphatic hydroxyl groups is 1. The molecule has 0 bridgehead atoms. The fourth-order valence-corrected chi connectivity index (χ4v) is 3.53. The van der Waals surface area contributed by atoms with Crippen molar-refractivity contribution in [2.45, 2.75) is 33.3 Å². The first-order valence-corrected chi connectivity index (χ1v) is 9.54. The second-order valence-electron chi connectivity index (χ2n) is 6.33. The van der Waals surface area contributed by atoms with Crippen molar-refractivity contribution in [3.63, 3.8) is 0 Å².